The average Bonchev–Trinajstić information content (AvgIpc) is 3.80. The lowest BCUT2D eigenvalue weighted by Crippen LogP contribution is -2.60. The second-order valence-electron chi connectivity index (χ2n) is 10.6. The van der Waals surface area contributed by atoms with Gasteiger partial charge in [0.25, 0.3) is 11.8 Å². The molecule has 240 valence electrons. The molecule has 2 amide bonds. The summed E-state index contributed by atoms with van der Waals surface area (Å²) < 4.78 is 119. The van der Waals surface area contributed by atoms with E-state index in [9.17, 15) is 44.3 Å². The zero-order valence-electron chi connectivity index (χ0n) is 23.5. The van der Waals surface area contributed by atoms with Gasteiger partial charge in [-0.15, -0.1) is 0 Å². The molecule has 1 aliphatic carbocycles. The van der Waals surface area contributed by atoms with E-state index >= 15 is 0 Å². The van der Waals surface area contributed by atoms with Crippen molar-refractivity contribution < 1.29 is 53.8 Å². The molecule has 1 saturated carbocycles. The monoisotopic (exact) mass is 648 g/mol. The summed E-state index contributed by atoms with van der Waals surface area (Å²) in [6.45, 7) is 0.0466. The van der Waals surface area contributed by atoms with Gasteiger partial charge in [0, 0.05) is 12.8 Å². The lowest BCUT2D eigenvalue weighted by atomic mass is 9.76. The number of ether oxygens (including phenoxy) is 2. The van der Waals surface area contributed by atoms with Crippen LogP contribution < -0.4 is 19.5 Å². The lowest BCUT2D eigenvalue weighted by molar-refractivity contribution is -0.201. The molecule has 4 rings (SSSR count). The molecule has 1 unspecified atom stereocenters. The molecule has 15 heteroatoms. The van der Waals surface area contributed by atoms with Crippen LogP contribution in [0.1, 0.15) is 56.1 Å². The summed E-state index contributed by atoms with van der Waals surface area (Å²) in [5.41, 5.74) is -4.39. The van der Waals surface area contributed by atoms with Gasteiger partial charge in [-0.2, -0.15) is 26.3 Å². The summed E-state index contributed by atoms with van der Waals surface area (Å²) in [6.07, 6.45) is -10.1. The first-order chi connectivity index (χ1) is 20.6. The molecule has 1 atom stereocenters. The van der Waals surface area contributed by atoms with Crippen LogP contribution in [0, 0.1) is 0 Å². The molecule has 8 nitrogen and oxygen atoms in total. The molecule has 0 aromatic heterocycles. The highest BCUT2D eigenvalue weighted by molar-refractivity contribution is 7.91. The number of benzene rings is 2. The Labute approximate surface area is 249 Å². The van der Waals surface area contributed by atoms with Crippen LogP contribution in [0.5, 0.6) is 11.5 Å². The molecule has 44 heavy (non-hydrogen) atoms. The van der Waals surface area contributed by atoms with E-state index < -0.39 is 63.4 Å². The molecular weight excluding hydrogens is 618 g/mol. The highest BCUT2D eigenvalue weighted by Gasteiger charge is 2.60. The van der Waals surface area contributed by atoms with Gasteiger partial charge < -0.3 is 14.8 Å². The Kier molecular flexibility index (Phi) is 9.57. The van der Waals surface area contributed by atoms with Crippen LogP contribution >= 0.6 is 0 Å². The van der Waals surface area contributed by atoms with Gasteiger partial charge >= 0.3 is 12.4 Å². The van der Waals surface area contributed by atoms with E-state index in [1.54, 1.807) is 0 Å². The van der Waals surface area contributed by atoms with Gasteiger partial charge in [-0.05, 0) is 73.1 Å². The molecule has 1 aliphatic heterocycles. The maximum absolute atomic E-state index is 14.9. The van der Waals surface area contributed by atoms with E-state index in [0.29, 0.717) is 25.0 Å². The summed E-state index contributed by atoms with van der Waals surface area (Å²) in [5.74, 6) is -2.23. The number of carbonyl (C=O) groups is 2. The first-order valence-electron chi connectivity index (χ1n) is 13.7. The fourth-order valence-corrected chi connectivity index (χ4v) is 6.13. The fourth-order valence-electron chi connectivity index (χ4n) is 4.85. The van der Waals surface area contributed by atoms with Crippen LogP contribution in [0.15, 0.2) is 54.1 Å². The Hall–Kier alpha value is -3.75. The van der Waals surface area contributed by atoms with Gasteiger partial charge in [0.1, 0.15) is 17.1 Å². The number of sulfonamides is 1. The zero-order valence-corrected chi connectivity index (χ0v) is 24.3. The third-order valence-corrected chi connectivity index (χ3v) is 9.18. The van der Waals surface area contributed by atoms with Gasteiger partial charge in [-0.1, -0.05) is 24.3 Å². The van der Waals surface area contributed by atoms with Gasteiger partial charge in [-0.25, -0.2) is 13.1 Å². The van der Waals surface area contributed by atoms with Crippen LogP contribution in [-0.2, 0) is 25.2 Å². The molecule has 0 saturated heterocycles. The SMILES string of the molecule is COc1ccc(C2=C(C(=O)NS(=O)(=O)C3CC3)C(=O)NC(c3ccc(OCCCCCC(F)(F)F)cc3)(C(F)(F)F)C2)cc1. The Bertz CT molecular complexity index is 1500. The minimum atomic E-state index is -5.08. The molecule has 2 aromatic rings. The Morgan fingerprint density at radius 2 is 1.57 bits per heavy atom. The maximum atomic E-state index is 14.9. The first kappa shape index (κ1) is 33.1. The number of halogens is 6. The van der Waals surface area contributed by atoms with E-state index in [1.807, 2.05) is 10.0 Å². The number of carbonyl (C=O) groups excluding carboxylic acids is 2. The van der Waals surface area contributed by atoms with Gasteiger partial charge in [0.05, 0.1) is 19.0 Å². The van der Waals surface area contributed by atoms with Crippen LogP contribution in [0.4, 0.5) is 26.3 Å². The molecule has 2 aliphatic rings. The average molecular weight is 649 g/mol. The number of unbranched alkanes of at least 4 members (excludes halogenated alkanes) is 2. The normalized spacial score (nSPS) is 19.4. The number of alkyl halides is 6. The fraction of sp³-hybridized carbons (Fsp3) is 0.448. The van der Waals surface area contributed by atoms with Crippen molar-refractivity contribution in [2.45, 2.75) is 68.1 Å². The molecule has 2 aromatic carbocycles. The summed E-state index contributed by atoms with van der Waals surface area (Å²) in [5, 5.41) is 1.11. The Morgan fingerprint density at radius 3 is 2.11 bits per heavy atom. The van der Waals surface area contributed by atoms with Gasteiger partial charge in [-0.3, -0.25) is 9.59 Å². The molecule has 0 bridgehead atoms. The van der Waals surface area contributed by atoms with E-state index in [4.69, 9.17) is 9.47 Å². The third-order valence-electron chi connectivity index (χ3n) is 7.37. The largest absolute Gasteiger partial charge is 0.497 e. The zero-order chi connectivity index (χ0) is 32.3. The van der Waals surface area contributed by atoms with Crippen molar-refractivity contribution in [2.75, 3.05) is 13.7 Å². The van der Waals surface area contributed by atoms with Crippen molar-refractivity contribution >= 4 is 27.4 Å². The van der Waals surface area contributed by atoms with Crippen LogP contribution in [-0.4, -0.2) is 51.6 Å². The standard InChI is InChI=1S/C29H30F6N2O6S/c1-42-20-9-5-18(6-10-20)23-17-27(29(33,34)35,36-25(38)24(23)26(39)37-44(40,41)22-13-14-22)19-7-11-21(12-8-19)43-16-4-2-3-15-28(30,31)32/h5-12,22H,2-4,13-17H2,1H3,(H,36,38)(H,37,39). The summed E-state index contributed by atoms with van der Waals surface area (Å²) >= 11 is 0. The van der Waals surface area contributed by atoms with Crippen molar-refractivity contribution in [3.05, 3.63) is 65.2 Å². The number of nitrogens with one attached hydrogen (secondary N) is 2. The number of amides is 2. The number of rotatable bonds is 12. The van der Waals surface area contributed by atoms with Crippen molar-refractivity contribution in [2.24, 2.45) is 0 Å². The molecule has 1 fully saturated rings. The predicted octanol–water partition coefficient (Wildman–Crippen LogP) is 5.54. The second-order valence-corrected chi connectivity index (χ2v) is 12.6. The quantitative estimate of drug-likeness (QED) is 0.178. The molecule has 2 N–H and O–H groups in total. The number of hydrogen-bond acceptors (Lipinski definition) is 6. The topological polar surface area (TPSA) is 111 Å². The van der Waals surface area contributed by atoms with Gasteiger partial charge in [0.15, 0.2) is 5.54 Å². The predicted molar refractivity (Wildman–Crippen MR) is 147 cm³/mol. The molecule has 0 radical (unpaired) electrons. The molecule has 0 spiro atoms. The summed E-state index contributed by atoms with van der Waals surface area (Å²) in [6, 6.07) is 10.3. The number of hydrogen-bond donors (Lipinski definition) is 2. The van der Waals surface area contributed by atoms with Crippen LogP contribution in [0.25, 0.3) is 5.57 Å². The van der Waals surface area contributed by atoms with Crippen LogP contribution in [0.3, 0.4) is 0 Å². The Morgan fingerprint density at radius 1 is 0.955 bits per heavy atom. The highest BCUT2D eigenvalue weighted by Crippen LogP contribution is 2.49. The minimum absolute atomic E-state index is 0.0466. The first-order valence-corrected chi connectivity index (χ1v) is 15.2. The summed E-state index contributed by atoms with van der Waals surface area (Å²) in [4.78, 5) is 26.5. The van der Waals surface area contributed by atoms with E-state index in [-0.39, 0.29) is 41.9 Å². The van der Waals surface area contributed by atoms with Crippen molar-refractivity contribution in [3.8, 4) is 11.5 Å². The van der Waals surface area contributed by atoms with E-state index in [2.05, 4.69) is 0 Å². The maximum Gasteiger partial charge on any atom is 0.416 e. The van der Waals surface area contributed by atoms with Crippen molar-refractivity contribution in [1.82, 2.24) is 10.0 Å². The minimum Gasteiger partial charge on any atom is -0.497 e. The number of methoxy groups -OCH3 is 1. The van der Waals surface area contributed by atoms with E-state index in [1.165, 1.54) is 43.5 Å². The summed E-state index contributed by atoms with van der Waals surface area (Å²) in [7, 11) is -2.75. The smallest absolute Gasteiger partial charge is 0.416 e. The molecular formula is C29H30F6N2O6S. The third kappa shape index (κ3) is 7.66. The lowest BCUT2D eigenvalue weighted by Gasteiger charge is -2.41. The highest BCUT2D eigenvalue weighted by atomic mass is 32.2. The van der Waals surface area contributed by atoms with Gasteiger partial charge in [0.2, 0.25) is 10.0 Å². The van der Waals surface area contributed by atoms with Crippen molar-refractivity contribution in [3.63, 3.8) is 0 Å². The van der Waals surface area contributed by atoms with Crippen molar-refractivity contribution in [1.29, 1.82) is 0 Å². The van der Waals surface area contributed by atoms with Crippen LogP contribution in [0.2, 0.25) is 0 Å². The molecule has 1 heterocycles. The second kappa shape index (κ2) is 12.7. The Balaban J connectivity index is 1.64. The van der Waals surface area contributed by atoms with E-state index in [0.717, 1.165) is 12.1 Å².